The molecule has 17 heteroatoms. The van der Waals surface area contributed by atoms with Gasteiger partial charge < -0.3 is 35.2 Å². The predicted octanol–water partition coefficient (Wildman–Crippen LogP) is 4.38. The molecule has 1 saturated heterocycles. The molecule has 2 aromatic carbocycles. The van der Waals surface area contributed by atoms with Crippen molar-refractivity contribution in [3.63, 3.8) is 0 Å². The third kappa shape index (κ3) is 8.19. The van der Waals surface area contributed by atoms with E-state index in [2.05, 4.69) is 15.4 Å². The van der Waals surface area contributed by atoms with Crippen LogP contribution in [0.4, 0.5) is 0 Å². The summed E-state index contributed by atoms with van der Waals surface area (Å²) in [6, 6.07) is 12.9. The maximum absolute atomic E-state index is 14.5. The van der Waals surface area contributed by atoms with Gasteiger partial charge in [0.15, 0.2) is 10.9 Å². The molecular formula is C41H47N7O8S2. The number of hydrogen-bond acceptors (Lipinski definition) is 11. The Labute approximate surface area is 341 Å². The molecule has 0 unspecified atom stereocenters. The molecule has 4 aromatic rings. The fourth-order valence-electron chi connectivity index (χ4n) is 7.91. The van der Waals surface area contributed by atoms with E-state index in [1.54, 1.807) is 0 Å². The number of amides is 3. The van der Waals surface area contributed by atoms with E-state index in [-0.39, 0.29) is 36.5 Å². The predicted molar refractivity (Wildman–Crippen MR) is 220 cm³/mol. The number of carbonyl (C=O) groups excluding carboxylic acids is 3. The van der Waals surface area contributed by atoms with Crippen LogP contribution in [0.1, 0.15) is 71.6 Å². The van der Waals surface area contributed by atoms with Gasteiger partial charge in [0, 0.05) is 23.3 Å². The summed E-state index contributed by atoms with van der Waals surface area (Å²) in [6.45, 7) is 3.88. The number of nitrogens with one attached hydrogen (secondary N) is 3. The van der Waals surface area contributed by atoms with Crippen LogP contribution >= 0.6 is 12.2 Å². The minimum Gasteiger partial charge on any atom is -0.491 e. The van der Waals surface area contributed by atoms with Crippen LogP contribution in [0.15, 0.2) is 65.1 Å². The first kappa shape index (κ1) is 39.5. The highest BCUT2D eigenvalue weighted by Crippen LogP contribution is 2.46. The number of thiocarbonyl (C=S) groups is 1. The maximum Gasteiger partial charge on any atom is 0.262 e. The molecule has 5 N–H and O–H groups in total. The number of fused-ring (bicyclic) bond motifs is 5. The number of ether oxygens (including phenoxy) is 2. The van der Waals surface area contributed by atoms with E-state index in [0.29, 0.717) is 59.5 Å². The average Bonchev–Trinajstić information content (AvgIpc) is 4.08. The van der Waals surface area contributed by atoms with Crippen molar-refractivity contribution in [1.29, 1.82) is 0 Å². The Hall–Kier alpha value is -5.29. The van der Waals surface area contributed by atoms with Gasteiger partial charge in [-0.2, -0.15) is 4.98 Å². The molecule has 5 atom stereocenters. The van der Waals surface area contributed by atoms with E-state index < -0.39 is 62.6 Å². The highest BCUT2D eigenvalue weighted by atomic mass is 32.2. The molecule has 4 aliphatic rings. The summed E-state index contributed by atoms with van der Waals surface area (Å²) in [5.74, 6) is -1.03. The number of rotatable bonds is 9. The number of para-hydroxylation sites is 1. The van der Waals surface area contributed by atoms with Crippen LogP contribution in [0.25, 0.3) is 33.5 Å². The molecular weight excluding hydrogens is 783 g/mol. The molecule has 4 heterocycles. The number of aromatic nitrogens is 2. The van der Waals surface area contributed by atoms with E-state index in [1.165, 1.54) is 4.90 Å². The van der Waals surface area contributed by atoms with Crippen LogP contribution in [0, 0.1) is 5.92 Å². The van der Waals surface area contributed by atoms with Crippen molar-refractivity contribution in [2.75, 3.05) is 6.54 Å². The third-order valence-electron chi connectivity index (χ3n) is 11.1. The lowest BCUT2D eigenvalue weighted by molar-refractivity contribution is -0.141. The summed E-state index contributed by atoms with van der Waals surface area (Å²) >= 11 is 5.16. The lowest BCUT2D eigenvalue weighted by Crippen LogP contribution is -2.58. The van der Waals surface area contributed by atoms with Crippen LogP contribution in [0.3, 0.4) is 0 Å². The topological polar surface area (TPSA) is 208 Å². The fraction of sp³-hybridized carbons (Fsp3) is 0.463. The lowest BCUT2D eigenvalue weighted by Gasteiger charge is -2.30. The molecule has 2 saturated carbocycles. The fourth-order valence-corrected chi connectivity index (χ4v) is 9.41. The van der Waals surface area contributed by atoms with Gasteiger partial charge >= 0.3 is 0 Å². The Morgan fingerprint density at radius 2 is 1.84 bits per heavy atom. The third-order valence-corrected chi connectivity index (χ3v) is 13.0. The number of furan rings is 1. The highest BCUT2D eigenvalue weighted by Gasteiger charge is 2.62. The first-order chi connectivity index (χ1) is 27.8. The molecule has 306 valence electrons. The van der Waals surface area contributed by atoms with Crippen molar-refractivity contribution < 1.29 is 36.7 Å². The van der Waals surface area contributed by atoms with E-state index >= 15 is 0 Å². The van der Waals surface area contributed by atoms with Crippen LogP contribution in [-0.4, -0.2) is 87.7 Å². The van der Waals surface area contributed by atoms with Gasteiger partial charge in [-0.15, -0.1) is 0 Å². The van der Waals surface area contributed by atoms with Crippen LogP contribution < -0.4 is 30.6 Å². The van der Waals surface area contributed by atoms with Crippen LogP contribution in [0.2, 0.25) is 0 Å². The zero-order valence-corrected chi connectivity index (χ0v) is 33.9. The number of carbonyl (C=O) groups is 3. The largest absolute Gasteiger partial charge is 0.491 e. The molecule has 0 bridgehead atoms. The van der Waals surface area contributed by atoms with Crippen molar-refractivity contribution in [1.82, 2.24) is 30.2 Å². The number of nitrogens with zero attached hydrogens (tertiary/aromatic N) is 3. The molecule has 3 amide bonds. The number of nitrogens with two attached hydrogens (primary N) is 1. The Kier molecular flexibility index (Phi) is 10.8. The van der Waals surface area contributed by atoms with Gasteiger partial charge in [-0.3, -0.25) is 19.1 Å². The first-order valence-electron chi connectivity index (χ1n) is 19.9. The molecule has 3 fully saturated rings. The van der Waals surface area contributed by atoms with Gasteiger partial charge in [0.1, 0.15) is 40.6 Å². The SMILES string of the molecule is CC(C)Oc1ccc(-c2nc(O[C@@H]3C[C@H]4C(=O)N[C@]5(C(=O)NS(=O)(=O)C6CC6)C[C@H]5C=CCCCCC[C@H](NC(N)=S)C(=O)N4C3)c3oc4ccccc4c3n2)cc1. The number of allylic oxidation sites excluding steroid dienone is 1. The van der Waals surface area contributed by atoms with Gasteiger partial charge in [-0.1, -0.05) is 37.1 Å². The van der Waals surface area contributed by atoms with Crippen LogP contribution in [0.5, 0.6) is 11.6 Å². The zero-order valence-electron chi connectivity index (χ0n) is 32.3. The Balaban J connectivity index is 1.14. The standard InChI is InChI=1S/C41H47N7O8S2/c1-23(2)54-26-16-14-24(15-17-26)35-44-33-29-11-8-9-13-32(29)56-34(33)37(45-35)55-27-20-31-36(49)46-41(39(51)47-58(52,53)28-18-19-28)21-25(41)10-6-4-3-5-7-12-30(43-40(42)57)38(50)48(31)22-27/h6,8-11,13-17,23,25,27-28,30-31H,3-5,7,12,18-22H2,1-2H3,(H,46,49)(H,47,51)(H3,42,43,57)/t25-,27-,30+,31+,41-/m1/s1. The Morgan fingerprint density at radius 3 is 2.59 bits per heavy atom. The molecule has 8 rings (SSSR count). The molecule has 15 nitrogen and oxygen atoms in total. The number of hydrogen-bond donors (Lipinski definition) is 4. The highest BCUT2D eigenvalue weighted by molar-refractivity contribution is 7.91. The Morgan fingerprint density at radius 1 is 1.07 bits per heavy atom. The van der Waals surface area contributed by atoms with Crippen molar-refractivity contribution >= 4 is 67.1 Å². The summed E-state index contributed by atoms with van der Waals surface area (Å²) in [4.78, 5) is 53.9. The summed E-state index contributed by atoms with van der Waals surface area (Å²) in [5, 5.41) is 5.92. The summed E-state index contributed by atoms with van der Waals surface area (Å²) in [7, 11) is -3.90. The van der Waals surface area contributed by atoms with Crippen LogP contribution in [-0.2, 0) is 24.4 Å². The molecule has 2 aliphatic carbocycles. The number of sulfonamides is 1. The molecule has 58 heavy (non-hydrogen) atoms. The van der Waals surface area contributed by atoms with Gasteiger partial charge in [0.25, 0.3) is 11.8 Å². The lowest BCUT2D eigenvalue weighted by atomic mass is 10.1. The summed E-state index contributed by atoms with van der Waals surface area (Å²) in [6.07, 6.45) is 7.73. The summed E-state index contributed by atoms with van der Waals surface area (Å²) < 4.78 is 46.7. The second kappa shape index (κ2) is 15.8. The minimum absolute atomic E-state index is 0.00277. The van der Waals surface area contributed by atoms with Crippen molar-refractivity contribution in [3.05, 3.63) is 60.7 Å². The van der Waals surface area contributed by atoms with E-state index in [4.69, 9.17) is 41.8 Å². The second-order valence-electron chi connectivity index (χ2n) is 15.9. The normalized spacial score (nSPS) is 25.3. The van der Waals surface area contributed by atoms with Gasteiger partial charge in [-0.25, -0.2) is 13.4 Å². The van der Waals surface area contributed by atoms with Crippen molar-refractivity contribution in [2.45, 2.75) is 107 Å². The minimum atomic E-state index is -3.90. The van der Waals surface area contributed by atoms with E-state index in [1.807, 2.05) is 74.5 Å². The molecule has 2 aromatic heterocycles. The number of benzene rings is 2. The second-order valence-corrected chi connectivity index (χ2v) is 18.3. The van der Waals surface area contributed by atoms with Crippen molar-refractivity contribution in [3.8, 4) is 23.0 Å². The zero-order chi connectivity index (χ0) is 40.8. The monoisotopic (exact) mass is 829 g/mol. The van der Waals surface area contributed by atoms with Gasteiger partial charge in [-0.05, 0) is 101 Å². The summed E-state index contributed by atoms with van der Waals surface area (Å²) in [5.41, 5.74) is 6.51. The van der Waals surface area contributed by atoms with Gasteiger partial charge in [0.05, 0.1) is 17.9 Å². The van der Waals surface area contributed by atoms with E-state index in [0.717, 1.165) is 24.6 Å². The van der Waals surface area contributed by atoms with Gasteiger partial charge in [0.2, 0.25) is 27.4 Å². The molecule has 0 radical (unpaired) electrons. The first-order valence-corrected chi connectivity index (χ1v) is 21.8. The molecule has 2 aliphatic heterocycles. The molecule has 0 spiro atoms. The van der Waals surface area contributed by atoms with Crippen molar-refractivity contribution in [2.24, 2.45) is 11.7 Å². The quantitative estimate of drug-likeness (QED) is 0.137. The smallest absolute Gasteiger partial charge is 0.262 e. The van der Waals surface area contributed by atoms with E-state index in [9.17, 15) is 22.8 Å². The maximum atomic E-state index is 14.5. The Bertz CT molecular complexity index is 2400. The average molecular weight is 830 g/mol.